The molecular formula is C21H18N2O2S. The molecule has 0 saturated carbocycles. The van der Waals surface area contributed by atoms with Gasteiger partial charge >= 0.3 is 0 Å². The zero-order chi connectivity index (χ0) is 18.7. The van der Waals surface area contributed by atoms with Crippen molar-refractivity contribution < 1.29 is 9.53 Å². The number of pyridine rings is 1. The molecule has 0 aliphatic carbocycles. The average Bonchev–Trinajstić information content (AvgIpc) is 2.65. The van der Waals surface area contributed by atoms with Crippen LogP contribution in [0.15, 0.2) is 47.5 Å². The summed E-state index contributed by atoms with van der Waals surface area (Å²) in [5.41, 5.74) is 4.18. The van der Waals surface area contributed by atoms with Gasteiger partial charge in [0.1, 0.15) is 16.8 Å². The van der Waals surface area contributed by atoms with Crippen LogP contribution < -0.4 is 4.74 Å². The molecule has 0 aliphatic rings. The molecule has 3 rings (SSSR count). The van der Waals surface area contributed by atoms with E-state index in [4.69, 9.17) is 4.74 Å². The van der Waals surface area contributed by atoms with E-state index in [1.54, 1.807) is 31.4 Å². The first-order chi connectivity index (χ1) is 12.5. The number of carbonyl (C=O) groups is 1. The van der Waals surface area contributed by atoms with E-state index in [9.17, 15) is 10.1 Å². The van der Waals surface area contributed by atoms with E-state index < -0.39 is 0 Å². The lowest BCUT2D eigenvalue weighted by Crippen LogP contribution is -2.03. The topological polar surface area (TPSA) is 63.0 Å². The Balaban J connectivity index is 1.85. The van der Waals surface area contributed by atoms with Crippen molar-refractivity contribution in [3.63, 3.8) is 0 Å². The average molecular weight is 362 g/mol. The third-order valence-corrected chi connectivity index (χ3v) is 5.08. The number of methoxy groups -OCH3 is 1. The van der Waals surface area contributed by atoms with Gasteiger partial charge < -0.3 is 4.74 Å². The number of nitriles is 1. The number of Topliss-reactive ketones (excluding diaryl/α,β-unsaturated/α-hetero) is 1. The van der Waals surface area contributed by atoms with Gasteiger partial charge in [0.2, 0.25) is 0 Å². The summed E-state index contributed by atoms with van der Waals surface area (Å²) in [6.07, 6.45) is 0. The number of hydrogen-bond donors (Lipinski definition) is 0. The predicted molar refractivity (Wildman–Crippen MR) is 104 cm³/mol. The largest absolute Gasteiger partial charge is 0.497 e. The second-order valence-corrected chi connectivity index (χ2v) is 7.01. The Morgan fingerprint density at radius 2 is 1.92 bits per heavy atom. The summed E-state index contributed by atoms with van der Waals surface area (Å²) in [7, 11) is 1.59. The van der Waals surface area contributed by atoms with E-state index in [1.807, 2.05) is 26.0 Å². The van der Waals surface area contributed by atoms with Crippen LogP contribution in [-0.2, 0) is 0 Å². The van der Waals surface area contributed by atoms with Crippen molar-refractivity contribution in [2.24, 2.45) is 0 Å². The van der Waals surface area contributed by atoms with Gasteiger partial charge in [0.05, 0.1) is 23.9 Å². The molecule has 4 nitrogen and oxygen atoms in total. The number of thioether (sulfide) groups is 1. The summed E-state index contributed by atoms with van der Waals surface area (Å²) < 4.78 is 5.11. The van der Waals surface area contributed by atoms with Gasteiger partial charge in [0, 0.05) is 10.9 Å². The van der Waals surface area contributed by atoms with E-state index in [0.29, 0.717) is 21.9 Å². The van der Waals surface area contributed by atoms with Crippen molar-refractivity contribution in [1.29, 1.82) is 5.26 Å². The Morgan fingerprint density at radius 3 is 2.58 bits per heavy atom. The summed E-state index contributed by atoms with van der Waals surface area (Å²) in [5.74, 6) is 0.928. The van der Waals surface area contributed by atoms with Crippen LogP contribution in [0.2, 0.25) is 0 Å². The Hall–Kier alpha value is -2.84. The number of nitrogens with zero attached hydrogens (tertiary/aromatic N) is 2. The first-order valence-corrected chi connectivity index (χ1v) is 9.12. The molecule has 0 N–H and O–H groups in total. The highest BCUT2D eigenvalue weighted by atomic mass is 32.2. The zero-order valence-corrected chi connectivity index (χ0v) is 15.7. The Bertz CT molecular complexity index is 1020. The van der Waals surface area contributed by atoms with Crippen LogP contribution in [0.1, 0.15) is 27.0 Å². The van der Waals surface area contributed by atoms with Crippen LogP contribution in [0.5, 0.6) is 5.75 Å². The van der Waals surface area contributed by atoms with Crippen LogP contribution >= 0.6 is 11.8 Å². The fourth-order valence-corrected chi connectivity index (χ4v) is 3.67. The quantitative estimate of drug-likeness (QED) is 0.486. The van der Waals surface area contributed by atoms with Gasteiger partial charge in [0.15, 0.2) is 5.78 Å². The van der Waals surface area contributed by atoms with Crippen LogP contribution in [-0.4, -0.2) is 23.6 Å². The van der Waals surface area contributed by atoms with Crippen LogP contribution in [0.4, 0.5) is 0 Å². The third-order valence-electron chi connectivity index (χ3n) is 4.09. The highest BCUT2D eigenvalue weighted by molar-refractivity contribution is 8.00. The monoisotopic (exact) mass is 362 g/mol. The maximum Gasteiger partial charge on any atom is 0.173 e. The van der Waals surface area contributed by atoms with Crippen molar-refractivity contribution in [1.82, 2.24) is 4.98 Å². The molecule has 0 spiro atoms. The molecule has 1 aromatic heterocycles. The maximum absolute atomic E-state index is 12.4. The first kappa shape index (κ1) is 18.0. The SMILES string of the molecule is COc1ccc(C(=O)CSc2nc3c(C)cc(C)cc3cc2C#N)cc1. The smallest absolute Gasteiger partial charge is 0.173 e. The lowest BCUT2D eigenvalue weighted by Gasteiger charge is -2.08. The molecule has 0 fully saturated rings. The van der Waals surface area contributed by atoms with Crippen molar-refractivity contribution >= 4 is 28.4 Å². The van der Waals surface area contributed by atoms with Gasteiger partial charge in [-0.2, -0.15) is 5.26 Å². The van der Waals surface area contributed by atoms with Crippen molar-refractivity contribution in [3.05, 3.63) is 64.7 Å². The Labute approximate surface area is 156 Å². The van der Waals surface area contributed by atoms with Gasteiger partial charge in [0.25, 0.3) is 0 Å². The van der Waals surface area contributed by atoms with Crippen LogP contribution in [0.3, 0.4) is 0 Å². The second-order valence-electron chi connectivity index (χ2n) is 6.05. The van der Waals surface area contributed by atoms with Gasteiger partial charge in [-0.25, -0.2) is 4.98 Å². The summed E-state index contributed by atoms with van der Waals surface area (Å²) in [4.78, 5) is 17.1. The van der Waals surface area contributed by atoms with Crippen LogP contribution in [0, 0.1) is 25.2 Å². The molecule has 0 aliphatic heterocycles. The molecule has 0 unspecified atom stereocenters. The molecule has 1 heterocycles. The summed E-state index contributed by atoms with van der Waals surface area (Å²) >= 11 is 1.30. The predicted octanol–water partition coefficient (Wildman–Crippen LogP) is 4.71. The standard InChI is InChI=1S/C21H18N2O2S/c1-13-8-14(2)20-16(9-13)10-17(11-22)21(23-20)26-12-19(24)15-4-6-18(25-3)7-5-15/h4-10H,12H2,1-3H3. The number of carbonyl (C=O) groups excluding carboxylic acids is 1. The molecule has 3 aromatic rings. The lowest BCUT2D eigenvalue weighted by molar-refractivity contribution is 0.102. The number of aromatic nitrogens is 1. The fourth-order valence-electron chi connectivity index (χ4n) is 2.82. The summed E-state index contributed by atoms with van der Waals surface area (Å²) in [6, 6.07) is 15.1. The number of fused-ring (bicyclic) bond motifs is 1. The van der Waals surface area contributed by atoms with E-state index in [0.717, 1.165) is 22.0 Å². The van der Waals surface area contributed by atoms with E-state index >= 15 is 0 Å². The highest BCUT2D eigenvalue weighted by Gasteiger charge is 2.13. The lowest BCUT2D eigenvalue weighted by atomic mass is 10.1. The Morgan fingerprint density at radius 1 is 1.19 bits per heavy atom. The Kier molecular flexibility index (Phi) is 5.24. The molecule has 2 aromatic carbocycles. The first-order valence-electron chi connectivity index (χ1n) is 8.14. The zero-order valence-electron chi connectivity index (χ0n) is 14.9. The van der Waals surface area contributed by atoms with Crippen molar-refractivity contribution in [2.45, 2.75) is 18.9 Å². The second kappa shape index (κ2) is 7.59. The minimum Gasteiger partial charge on any atom is -0.497 e. The summed E-state index contributed by atoms with van der Waals surface area (Å²) in [5, 5.41) is 11.0. The summed E-state index contributed by atoms with van der Waals surface area (Å²) in [6.45, 7) is 4.03. The number of aryl methyl sites for hydroxylation is 2. The molecule has 26 heavy (non-hydrogen) atoms. The fraction of sp³-hybridized carbons (Fsp3) is 0.190. The molecular weight excluding hydrogens is 344 g/mol. The molecule has 0 radical (unpaired) electrons. The normalized spacial score (nSPS) is 10.5. The molecule has 5 heteroatoms. The molecule has 0 bridgehead atoms. The van der Waals surface area contributed by atoms with E-state index in [2.05, 4.69) is 17.1 Å². The van der Waals surface area contributed by atoms with Gasteiger partial charge in [-0.1, -0.05) is 23.4 Å². The number of ketones is 1. The molecule has 0 amide bonds. The number of hydrogen-bond acceptors (Lipinski definition) is 5. The van der Waals surface area contributed by atoms with Crippen molar-refractivity contribution in [2.75, 3.05) is 12.9 Å². The molecule has 0 saturated heterocycles. The van der Waals surface area contributed by atoms with E-state index in [1.165, 1.54) is 11.8 Å². The molecule has 0 atom stereocenters. The highest BCUT2D eigenvalue weighted by Crippen LogP contribution is 2.27. The van der Waals surface area contributed by atoms with Crippen molar-refractivity contribution in [3.8, 4) is 11.8 Å². The van der Waals surface area contributed by atoms with Gasteiger partial charge in [-0.3, -0.25) is 4.79 Å². The van der Waals surface area contributed by atoms with Gasteiger partial charge in [-0.05, 0) is 55.8 Å². The minimum absolute atomic E-state index is 0.0101. The van der Waals surface area contributed by atoms with E-state index in [-0.39, 0.29) is 11.5 Å². The molecule has 130 valence electrons. The number of benzene rings is 2. The number of ether oxygens (including phenoxy) is 1. The minimum atomic E-state index is -0.0101. The maximum atomic E-state index is 12.4. The number of rotatable bonds is 5. The van der Waals surface area contributed by atoms with Crippen LogP contribution in [0.25, 0.3) is 10.9 Å². The third kappa shape index (κ3) is 3.71. The van der Waals surface area contributed by atoms with Gasteiger partial charge in [-0.15, -0.1) is 0 Å².